The molecule has 0 bridgehead atoms. The number of carbonyl (C=O) groups is 1. The van der Waals surface area contributed by atoms with Crippen molar-refractivity contribution in [3.05, 3.63) is 29.8 Å². The maximum absolute atomic E-state index is 11.8. The molecular formula is C17H28N2O2. The van der Waals surface area contributed by atoms with Crippen LogP contribution in [0.1, 0.15) is 39.7 Å². The molecule has 0 radical (unpaired) electrons. The van der Waals surface area contributed by atoms with E-state index < -0.39 is 0 Å². The van der Waals surface area contributed by atoms with Gasteiger partial charge < -0.3 is 15.4 Å². The molecule has 0 aliphatic carbocycles. The Hall–Kier alpha value is -1.55. The molecule has 1 atom stereocenters. The van der Waals surface area contributed by atoms with Crippen LogP contribution in [0.5, 0.6) is 5.75 Å². The Morgan fingerprint density at radius 2 is 1.86 bits per heavy atom. The highest BCUT2D eigenvalue weighted by molar-refractivity contribution is 5.81. The fourth-order valence-electron chi connectivity index (χ4n) is 1.74. The van der Waals surface area contributed by atoms with E-state index in [2.05, 4.69) is 31.4 Å². The molecule has 0 saturated carbocycles. The minimum absolute atomic E-state index is 0.0478. The van der Waals surface area contributed by atoms with Crippen LogP contribution in [0.15, 0.2) is 24.3 Å². The minimum atomic E-state index is -0.195. The van der Waals surface area contributed by atoms with Crippen LogP contribution in [0.3, 0.4) is 0 Å². The molecule has 1 aromatic carbocycles. The van der Waals surface area contributed by atoms with Crippen molar-refractivity contribution in [2.75, 3.05) is 13.2 Å². The molecule has 2 N–H and O–H groups in total. The van der Waals surface area contributed by atoms with Crippen molar-refractivity contribution in [1.82, 2.24) is 10.6 Å². The lowest BCUT2D eigenvalue weighted by molar-refractivity contribution is -0.122. The summed E-state index contributed by atoms with van der Waals surface area (Å²) in [6.07, 6.45) is 1.01. The molecule has 0 aliphatic heterocycles. The van der Waals surface area contributed by atoms with Crippen LogP contribution < -0.4 is 15.4 Å². The summed E-state index contributed by atoms with van der Waals surface area (Å²) in [5.74, 6) is 1.41. The van der Waals surface area contributed by atoms with Crippen LogP contribution in [0, 0.1) is 5.92 Å². The third kappa shape index (κ3) is 7.14. The highest BCUT2D eigenvalue weighted by Gasteiger charge is 2.11. The first kappa shape index (κ1) is 17.5. The predicted molar refractivity (Wildman–Crippen MR) is 86.4 cm³/mol. The second-order valence-corrected chi connectivity index (χ2v) is 5.73. The van der Waals surface area contributed by atoms with Crippen LogP contribution in [0.4, 0.5) is 0 Å². The van der Waals surface area contributed by atoms with Gasteiger partial charge in [-0.15, -0.1) is 0 Å². The Morgan fingerprint density at radius 1 is 1.19 bits per heavy atom. The summed E-state index contributed by atoms with van der Waals surface area (Å²) in [7, 11) is 0. The number of rotatable bonds is 9. The SMILES string of the molecule is CCCOc1ccc(CNC(C)C(=O)NCC(C)C)cc1. The van der Waals surface area contributed by atoms with Gasteiger partial charge in [-0.05, 0) is 37.0 Å². The van der Waals surface area contributed by atoms with Gasteiger partial charge in [0.25, 0.3) is 0 Å². The molecule has 1 aromatic rings. The van der Waals surface area contributed by atoms with E-state index in [1.165, 1.54) is 0 Å². The van der Waals surface area contributed by atoms with Crippen molar-refractivity contribution < 1.29 is 9.53 Å². The van der Waals surface area contributed by atoms with Crippen molar-refractivity contribution in [2.24, 2.45) is 5.92 Å². The molecule has 0 aromatic heterocycles. The maximum Gasteiger partial charge on any atom is 0.236 e. The Labute approximate surface area is 128 Å². The fourth-order valence-corrected chi connectivity index (χ4v) is 1.74. The summed E-state index contributed by atoms with van der Waals surface area (Å²) in [6.45, 7) is 10.3. The molecule has 0 spiro atoms. The van der Waals surface area contributed by atoms with Crippen LogP contribution >= 0.6 is 0 Å². The van der Waals surface area contributed by atoms with Crippen molar-refractivity contribution in [2.45, 2.75) is 46.7 Å². The van der Waals surface area contributed by atoms with Crippen molar-refractivity contribution in [3.8, 4) is 5.75 Å². The Bertz CT molecular complexity index is 415. The van der Waals surface area contributed by atoms with Crippen molar-refractivity contribution in [3.63, 3.8) is 0 Å². The third-order valence-corrected chi connectivity index (χ3v) is 3.09. The highest BCUT2D eigenvalue weighted by atomic mass is 16.5. The van der Waals surface area contributed by atoms with Gasteiger partial charge in [-0.1, -0.05) is 32.9 Å². The van der Waals surface area contributed by atoms with E-state index in [9.17, 15) is 4.79 Å². The second kappa shape index (κ2) is 9.40. The Balaban J connectivity index is 2.35. The zero-order chi connectivity index (χ0) is 15.7. The lowest BCUT2D eigenvalue weighted by Gasteiger charge is -2.15. The van der Waals surface area contributed by atoms with E-state index in [4.69, 9.17) is 4.74 Å². The second-order valence-electron chi connectivity index (χ2n) is 5.73. The molecule has 1 rings (SSSR count). The van der Waals surface area contributed by atoms with Crippen LogP contribution in [-0.2, 0) is 11.3 Å². The third-order valence-electron chi connectivity index (χ3n) is 3.09. The molecule has 0 heterocycles. The van der Waals surface area contributed by atoms with Gasteiger partial charge in [-0.25, -0.2) is 0 Å². The summed E-state index contributed by atoms with van der Waals surface area (Å²) in [4.78, 5) is 11.8. The summed E-state index contributed by atoms with van der Waals surface area (Å²) in [5, 5.41) is 6.16. The summed E-state index contributed by atoms with van der Waals surface area (Å²) in [6, 6.07) is 7.79. The first-order valence-corrected chi connectivity index (χ1v) is 7.75. The van der Waals surface area contributed by atoms with E-state index in [0.717, 1.165) is 24.3 Å². The van der Waals surface area contributed by atoms with Gasteiger partial charge in [0.1, 0.15) is 5.75 Å². The number of nitrogens with one attached hydrogen (secondary N) is 2. The van der Waals surface area contributed by atoms with Crippen LogP contribution in [-0.4, -0.2) is 25.1 Å². The molecule has 118 valence electrons. The molecule has 21 heavy (non-hydrogen) atoms. The fraction of sp³-hybridized carbons (Fsp3) is 0.588. The first-order valence-electron chi connectivity index (χ1n) is 7.75. The van der Waals surface area contributed by atoms with Gasteiger partial charge in [0.05, 0.1) is 12.6 Å². The largest absolute Gasteiger partial charge is 0.494 e. The zero-order valence-corrected chi connectivity index (χ0v) is 13.6. The van der Waals surface area contributed by atoms with Crippen molar-refractivity contribution >= 4 is 5.91 Å². The normalized spacial score (nSPS) is 12.2. The number of carbonyl (C=O) groups excluding carboxylic acids is 1. The lowest BCUT2D eigenvalue weighted by atomic mass is 10.2. The lowest BCUT2D eigenvalue weighted by Crippen LogP contribution is -2.42. The zero-order valence-electron chi connectivity index (χ0n) is 13.6. The number of ether oxygens (including phenoxy) is 1. The maximum atomic E-state index is 11.8. The molecule has 4 nitrogen and oxygen atoms in total. The number of amides is 1. The average Bonchev–Trinajstić information content (AvgIpc) is 2.49. The predicted octanol–water partition coefficient (Wildman–Crippen LogP) is 2.73. The molecule has 1 amide bonds. The van der Waals surface area contributed by atoms with Crippen LogP contribution in [0.2, 0.25) is 0 Å². The Morgan fingerprint density at radius 3 is 2.43 bits per heavy atom. The van der Waals surface area contributed by atoms with Gasteiger partial charge >= 0.3 is 0 Å². The van der Waals surface area contributed by atoms with E-state index in [1.54, 1.807) is 0 Å². The van der Waals surface area contributed by atoms with E-state index in [-0.39, 0.29) is 11.9 Å². The molecule has 1 unspecified atom stereocenters. The summed E-state index contributed by atoms with van der Waals surface area (Å²) >= 11 is 0. The average molecular weight is 292 g/mol. The number of hydrogen-bond donors (Lipinski definition) is 2. The summed E-state index contributed by atoms with van der Waals surface area (Å²) in [5.41, 5.74) is 1.14. The number of hydrogen-bond acceptors (Lipinski definition) is 3. The van der Waals surface area contributed by atoms with Crippen molar-refractivity contribution in [1.29, 1.82) is 0 Å². The minimum Gasteiger partial charge on any atom is -0.494 e. The standard InChI is InChI=1S/C17H28N2O2/c1-5-10-21-16-8-6-15(7-9-16)12-18-14(4)17(20)19-11-13(2)3/h6-9,13-14,18H,5,10-12H2,1-4H3,(H,19,20). The molecule has 0 fully saturated rings. The highest BCUT2D eigenvalue weighted by Crippen LogP contribution is 2.12. The Kier molecular flexibility index (Phi) is 7.83. The molecule has 4 heteroatoms. The summed E-state index contributed by atoms with van der Waals surface area (Å²) < 4.78 is 5.54. The van der Waals surface area contributed by atoms with E-state index >= 15 is 0 Å². The van der Waals surface area contributed by atoms with Gasteiger partial charge in [0.15, 0.2) is 0 Å². The van der Waals surface area contributed by atoms with E-state index in [1.807, 2.05) is 31.2 Å². The smallest absolute Gasteiger partial charge is 0.236 e. The first-order chi connectivity index (χ1) is 10.0. The van der Waals surface area contributed by atoms with E-state index in [0.29, 0.717) is 19.0 Å². The molecular weight excluding hydrogens is 264 g/mol. The van der Waals surface area contributed by atoms with Crippen LogP contribution in [0.25, 0.3) is 0 Å². The monoisotopic (exact) mass is 292 g/mol. The topological polar surface area (TPSA) is 50.4 Å². The molecule has 0 saturated heterocycles. The molecule has 0 aliphatic rings. The van der Waals surface area contributed by atoms with Gasteiger partial charge in [0, 0.05) is 13.1 Å². The van der Waals surface area contributed by atoms with Gasteiger partial charge in [-0.3, -0.25) is 4.79 Å². The quantitative estimate of drug-likeness (QED) is 0.736. The number of benzene rings is 1. The van der Waals surface area contributed by atoms with Gasteiger partial charge in [0.2, 0.25) is 5.91 Å². The van der Waals surface area contributed by atoms with Gasteiger partial charge in [-0.2, -0.15) is 0 Å².